The number of rotatable bonds is 4. The Balaban J connectivity index is 2.35. The Hall–Kier alpha value is -0.650. The molecule has 0 spiro atoms. The van der Waals surface area contributed by atoms with Gasteiger partial charge in [0.15, 0.2) is 5.13 Å². The highest BCUT2D eigenvalue weighted by molar-refractivity contribution is 9.10. The van der Waals surface area contributed by atoms with Crippen molar-refractivity contribution < 1.29 is 4.79 Å². The van der Waals surface area contributed by atoms with Crippen molar-refractivity contribution in [3.63, 3.8) is 0 Å². The second kappa shape index (κ2) is 6.63. The van der Waals surface area contributed by atoms with E-state index in [-0.39, 0.29) is 16.7 Å². The summed E-state index contributed by atoms with van der Waals surface area (Å²) in [5.74, 6) is 0.484. The molecule has 0 saturated heterocycles. The van der Waals surface area contributed by atoms with Crippen molar-refractivity contribution in [2.75, 3.05) is 5.32 Å². The SMILES string of the molecule is CC(C)c1cc(Cl)cc2sc(NC(=O)[C@H](Br)C(C)C)nc12. The van der Waals surface area contributed by atoms with Crippen LogP contribution >= 0.6 is 38.9 Å². The highest BCUT2D eigenvalue weighted by atomic mass is 79.9. The van der Waals surface area contributed by atoms with Crippen LogP contribution < -0.4 is 5.32 Å². The average molecular weight is 390 g/mol. The number of benzene rings is 1. The minimum atomic E-state index is -0.224. The summed E-state index contributed by atoms with van der Waals surface area (Å²) < 4.78 is 0.997. The van der Waals surface area contributed by atoms with Gasteiger partial charge in [0.2, 0.25) is 5.91 Å². The summed E-state index contributed by atoms with van der Waals surface area (Å²) in [5.41, 5.74) is 2.03. The maximum atomic E-state index is 12.1. The number of hydrogen-bond acceptors (Lipinski definition) is 3. The molecule has 3 nitrogen and oxygen atoms in total. The van der Waals surface area contributed by atoms with E-state index in [4.69, 9.17) is 11.6 Å². The van der Waals surface area contributed by atoms with Crippen LogP contribution in [0.3, 0.4) is 0 Å². The largest absolute Gasteiger partial charge is 0.301 e. The zero-order chi connectivity index (χ0) is 15.7. The van der Waals surface area contributed by atoms with Gasteiger partial charge in [0.25, 0.3) is 0 Å². The zero-order valence-electron chi connectivity index (χ0n) is 12.4. The number of carbonyl (C=O) groups excluding carboxylic acids is 1. The van der Waals surface area contributed by atoms with E-state index < -0.39 is 0 Å². The predicted octanol–water partition coefficient (Wildman–Crippen LogP) is 5.43. The molecule has 1 aromatic heterocycles. The van der Waals surface area contributed by atoms with Crippen molar-refractivity contribution in [1.29, 1.82) is 0 Å². The lowest BCUT2D eigenvalue weighted by Crippen LogP contribution is -2.26. The van der Waals surface area contributed by atoms with Crippen LogP contribution in [0, 0.1) is 5.92 Å². The van der Waals surface area contributed by atoms with E-state index >= 15 is 0 Å². The zero-order valence-corrected chi connectivity index (χ0v) is 15.6. The van der Waals surface area contributed by atoms with Crippen molar-refractivity contribution >= 4 is 60.1 Å². The fourth-order valence-electron chi connectivity index (χ4n) is 1.99. The fourth-order valence-corrected chi connectivity index (χ4v) is 3.34. The van der Waals surface area contributed by atoms with Crippen molar-refractivity contribution in [2.24, 2.45) is 5.92 Å². The molecule has 1 N–H and O–H groups in total. The number of carbonyl (C=O) groups is 1. The standard InChI is InChI=1S/C15H18BrClN2OS/c1-7(2)10-5-9(17)6-11-13(10)18-15(21-11)19-14(20)12(16)8(3)4/h5-8,12H,1-4H3,(H,18,19,20)/t12-/m1/s1. The molecule has 0 bridgehead atoms. The van der Waals surface area contributed by atoms with Gasteiger partial charge in [-0.25, -0.2) is 4.98 Å². The normalized spacial score (nSPS) is 13.1. The fraction of sp³-hybridized carbons (Fsp3) is 0.467. The molecule has 0 aliphatic heterocycles. The molecule has 0 aliphatic rings. The quantitative estimate of drug-likeness (QED) is 0.708. The molecular formula is C15H18BrClN2OS. The molecule has 0 fully saturated rings. The molecule has 2 aromatic rings. The minimum Gasteiger partial charge on any atom is -0.301 e. The first-order valence-corrected chi connectivity index (χ1v) is 8.95. The highest BCUT2D eigenvalue weighted by Crippen LogP contribution is 2.34. The summed E-state index contributed by atoms with van der Waals surface area (Å²) in [6.07, 6.45) is 0. The van der Waals surface area contributed by atoms with Gasteiger partial charge in [0.1, 0.15) is 0 Å². The maximum absolute atomic E-state index is 12.1. The Kier molecular flexibility index (Phi) is 5.28. The van der Waals surface area contributed by atoms with Crippen LogP contribution in [0.15, 0.2) is 12.1 Å². The number of fused-ring (bicyclic) bond motifs is 1. The molecule has 6 heteroatoms. The number of halogens is 2. The van der Waals surface area contributed by atoms with Gasteiger partial charge in [0.05, 0.1) is 15.0 Å². The molecule has 0 unspecified atom stereocenters. The molecular weight excluding hydrogens is 372 g/mol. The van der Waals surface area contributed by atoms with Crippen LogP contribution in [0.2, 0.25) is 5.02 Å². The van der Waals surface area contributed by atoms with E-state index in [0.29, 0.717) is 16.1 Å². The molecule has 1 amide bonds. The number of aromatic nitrogens is 1. The third-order valence-corrected chi connectivity index (χ3v) is 5.79. The summed E-state index contributed by atoms with van der Waals surface area (Å²) in [7, 11) is 0. The summed E-state index contributed by atoms with van der Waals surface area (Å²) in [5, 5.41) is 4.19. The van der Waals surface area contributed by atoms with Gasteiger partial charge >= 0.3 is 0 Å². The molecule has 114 valence electrons. The Morgan fingerprint density at radius 2 is 2.00 bits per heavy atom. The first kappa shape index (κ1) is 16.7. The third-order valence-electron chi connectivity index (χ3n) is 3.18. The van der Waals surface area contributed by atoms with Gasteiger partial charge in [-0.1, -0.05) is 66.6 Å². The van der Waals surface area contributed by atoms with Gasteiger partial charge in [-0.2, -0.15) is 0 Å². The third kappa shape index (κ3) is 3.76. The lowest BCUT2D eigenvalue weighted by molar-refractivity contribution is -0.116. The second-order valence-corrected chi connectivity index (χ2v) is 8.10. The number of hydrogen-bond donors (Lipinski definition) is 1. The Labute approximate surface area is 142 Å². The summed E-state index contributed by atoms with van der Waals surface area (Å²) in [6.45, 7) is 8.20. The first-order valence-electron chi connectivity index (χ1n) is 6.84. The summed E-state index contributed by atoms with van der Waals surface area (Å²) in [6, 6.07) is 3.84. The topological polar surface area (TPSA) is 42.0 Å². The smallest absolute Gasteiger partial charge is 0.240 e. The van der Waals surface area contributed by atoms with Gasteiger partial charge in [0, 0.05) is 5.02 Å². The van der Waals surface area contributed by atoms with E-state index in [1.165, 1.54) is 11.3 Å². The highest BCUT2D eigenvalue weighted by Gasteiger charge is 2.20. The van der Waals surface area contributed by atoms with E-state index in [9.17, 15) is 4.79 Å². The lowest BCUT2D eigenvalue weighted by atomic mass is 10.0. The predicted molar refractivity (Wildman–Crippen MR) is 94.9 cm³/mol. The average Bonchev–Trinajstić information content (AvgIpc) is 2.78. The molecule has 1 atom stereocenters. The lowest BCUT2D eigenvalue weighted by Gasteiger charge is -2.11. The van der Waals surface area contributed by atoms with Gasteiger partial charge in [-0.15, -0.1) is 0 Å². The van der Waals surface area contributed by atoms with E-state index in [2.05, 4.69) is 40.1 Å². The number of amides is 1. The molecule has 0 aliphatic carbocycles. The number of alkyl halides is 1. The minimum absolute atomic E-state index is 0.0683. The van der Waals surface area contributed by atoms with Crippen molar-refractivity contribution in [3.8, 4) is 0 Å². The molecule has 1 aromatic carbocycles. The van der Waals surface area contributed by atoms with Crippen LogP contribution in [-0.4, -0.2) is 15.7 Å². The van der Waals surface area contributed by atoms with Crippen LogP contribution in [0.4, 0.5) is 5.13 Å². The maximum Gasteiger partial charge on any atom is 0.240 e. The van der Waals surface area contributed by atoms with E-state index in [0.717, 1.165) is 15.8 Å². The van der Waals surface area contributed by atoms with Gasteiger partial charge < -0.3 is 5.32 Å². The molecule has 2 rings (SSSR count). The number of anilines is 1. The van der Waals surface area contributed by atoms with Crippen molar-refractivity contribution in [2.45, 2.75) is 38.4 Å². The van der Waals surface area contributed by atoms with Gasteiger partial charge in [-0.05, 0) is 29.5 Å². The monoisotopic (exact) mass is 388 g/mol. The van der Waals surface area contributed by atoms with Crippen LogP contribution in [0.25, 0.3) is 10.2 Å². The molecule has 21 heavy (non-hydrogen) atoms. The second-order valence-electron chi connectivity index (χ2n) is 5.65. The first-order chi connectivity index (χ1) is 9.79. The van der Waals surface area contributed by atoms with Crippen molar-refractivity contribution in [1.82, 2.24) is 4.98 Å². The summed E-state index contributed by atoms with van der Waals surface area (Å²) in [4.78, 5) is 16.4. The Morgan fingerprint density at radius 1 is 1.33 bits per heavy atom. The Bertz CT molecular complexity index is 669. The number of nitrogens with zero attached hydrogens (tertiary/aromatic N) is 1. The molecule has 0 radical (unpaired) electrons. The van der Waals surface area contributed by atoms with Crippen LogP contribution in [0.1, 0.15) is 39.2 Å². The van der Waals surface area contributed by atoms with Crippen LogP contribution in [-0.2, 0) is 4.79 Å². The summed E-state index contributed by atoms with van der Waals surface area (Å²) >= 11 is 11.0. The van der Waals surface area contributed by atoms with Crippen molar-refractivity contribution in [3.05, 3.63) is 22.7 Å². The van der Waals surface area contributed by atoms with Crippen LogP contribution in [0.5, 0.6) is 0 Å². The molecule has 0 saturated carbocycles. The van der Waals surface area contributed by atoms with E-state index in [1.807, 2.05) is 26.0 Å². The number of thiazole rings is 1. The number of nitrogens with one attached hydrogen (secondary N) is 1. The molecule has 1 heterocycles. The van der Waals surface area contributed by atoms with E-state index in [1.54, 1.807) is 0 Å². The van der Waals surface area contributed by atoms with Gasteiger partial charge in [-0.3, -0.25) is 4.79 Å². The Morgan fingerprint density at radius 3 is 2.57 bits per heavy atom.